The molecule has 0 spiro atoms. The molecule has 0 radical (unpaired) electrons. The van der Waals surface area contributed by atoms with Crippen molar-refractivity contribution in [1.82, 2.24) is 10.8 Å². The van der Waals surface area contributed by atoms with E-state index in [0.29, 0.717) is 18.4 Å². The van der Waals surface area contributed by atoms with E-state index in [0.717, 1.165) is 17.5 Å². The molecule has 7 heteroatoms. The quantitative estimate of drug-likeness (QED) is 0.174. The van der Waals surface area contributed by atoms with Crippen molar-refractivity contribution >= 4 is 17.6 Å². The first-order chi connectivity index (χ1) is 17.4. The molecule has 2 amide bonds. The fraction of sp³-hybridized carbons (Fsp3) is 0.276. The molecule has 188 valence electrons. The summed E-state index contributed by atoms with van der Waals surface area (Å²) in [5.41, 5.74) is 5.14. The maximum atomic E-state index is 13.3. The fourth-order valence-electron chi connectivity index (χ4n) is 4.07. The van der Waals surface area contributed by atoms with E-state index in [-0.39, 0.29) is 24.4 Å². The number of amides is 2. The Hall–Kier alpha value is -3.97. The molecule has 0 aliphatic heterocycles. The molecule has 0 aliphatic carbocycles. The molecule has 36 heavy (non-hydrogen) atoms. The van der Waals surface area contributed by atoms with Crippen LogP contribution in [0.25, 0.3) is 0 Å². The molecule has 0 heterocycles. The lowest BCUT2D eigenvalue weighted by atomic mass is 9.93. The van der Waals surface area contributed by atoms with Crippen LogP contribution in [-0.2, 0) is 22.4 Å². The molecule has 2 atom stereocenters. The highest BCUT2D eigenvalue weighted by Gasteiger charge is 2.28. The first-order valence-corrected chi connectivity index (χ1v) is 12.0. The third kappa shape index (κ3) is 8.06. The largest absolute Gasteiger partial charge is 0.508 e. The molecule has 0 bridgehead atoms. The number of phenolic OH excluding ortho intramolecular Hbond substituents is 1. The third-order valence-electron chi connectivity index (χ3n) is 6.13. The number of ketones is 1. The lowest BCUT2D eigenvalue weighted by Crippen LogP contribution is -2.45. The number of aromatic hydroxyl groups is 1. The smallest absolute Gasteiger partial charge is 0.244 e. The van der Waals surface area contributed by atoms with Crippen LogP contribution in [0.1, 0.15) is 46.3 Å². The van der Waals surface area contributed by atoms with Crippen molar-refractivity contribution in [1.29, 1.82) is 0 Å². The molecular formula is C29H32N2O5. The zero-order valence-corrected chi connectivity index (χ0v) is 20.3. The van der Waals surface area contributed by atoms with Crippen LogP contribution < -0.4 is 10.8 Å². The maximum absolute atomic E-state index is 13.3. The van der Waals surface area contributed by atoms with Gasteiger partial charge in [-0.3, -0.25) is 19.6 Å². The molecule has 3 aromatic rings. The molecule has 3 aromatic carbocycles. The van der Waals surface area contributed by atoms with E-state index in [1.807, 2.05) is 37.3 Å². The zero-order chi connectivity index (χ0) is 25.9. The van der Waals surface area contributed by atoms with Gasteiger partial charge in [0, 0.05) is 24.3 Å². The predicted molar refractivity (Wildman–Crippen MR) is 137 cm³/mol. The topological polar surface area (TPSA) is 116 Å². The van der Waals surface area contributed by atoms with E-state index < -0.39 is 23.8 Å². The van der Waals surface area contributed by atoms with Gasteiger partial charge >= 0.3 is 0 Å². The van der Waals surface area contributed by atoms with Gasteiger partial charge in [0.1, 0.15) is 5.75 Å². The summed E-state index contributed by atoms with van der Waals surface area (Å²) in [6.07, 6.45) is 1.85. The monoisotopic (exact) mass is 488 g/mol. The number of carbonyl (C=O) groups is 3. The Morgan fingerprint density at radius 2 is 1.50 bits per heavy atom. The second kappa shape index (κ2) is 13.2. The SMILES string of the molecule is Cc1ccc(CCC[C@H](CC(=O)NO)C(=O)N[C@@H](Cc2ccc(O)cc2)C(=O)c2ccccc2)cc1. The second-order valence-electron chi connectivity index (χ2n) is 8.98. The minimum Gasteiger partial charge on any atom is -0.508 e. The average molecular weight is 489 g/mol. The lowest BCUT2D eigenvalue weighted by molar-refractivity contribution is -0.135. The predicted octanol–water partition coefficient (Wildman–Crippen LogP) is 4.15. The first-order valence-electron chi connectivity index (χ1n) is 12.0. The number of aryl methyl sites for hydroxylation is 2. The minimum atomic E-state index is -0.860. The number of phenols is 1. The van der Waals surface area contributed by atoms with Crippen LogP contribution in [0, 0.1) is 12.8 Å². The Labute approximate surface area is 211 Å². The van der Waals surface area contributed by atoms with Crippen molar-refractivity contribution < 1.29 is 24.7 Å². The number of nitrogens with one attached hydrogen (secondary N) is 2. The lowest BCUT2D eigenvalue weighted by Gasteiger charge is -2.22. The summed E-state index contributed by atoms with van der Waals surface area (Å²) in [5.74, 6) is -1.93. The van der Waals surface area contributed by atoms with Crippen LogP contribution in [-0.4, -0.2) is 34.0 Å². The van der Waals surface area contributed by atoms with Crippen LogP contribution in [0.4, 0.5) is 0 Å². The van der Waals surface area contributed by atoms with Crippen molar-refractivity contribution in [3.8, 4) is 5.75 Å². The van der Waals surface area contributed by atoms with Crippen molar-refractivity contribution in [3.63, 3.8) is 0 Å². The summed E-state index contributed by atoms with van der Waals surface area (Å²) in [7, 11) is 0. The van der Waals surface area contributed by atoms with Crippen molar-refractivity contribution in [2.24, 2.45) is 5.92 Å². The number of rotatable bonds is 12. The van der Waals surface area contributed by atoms with Gasteiger partial charge in [0.05, 0.1) is 6.04 Å². The summed E-state index contributed by atoms with van der Waals surface area (Å²) in [5, 5.41) is 21.5. The highest BCUT2D eigenvalue weighted by molar-refractivity contribution is 6.02. The Morgan fingerprint density at radius 3 is 2.14 bits per heavy atom. The van der Waals surface area contributed by atoms with Gasteiger partial charge in [0.25, 0.3) is 0 Å². The van der Waals surface area contributed by atoms with Gasteiger partial charge in [-0.25, -0.2) is 5.48 Å². The van der Waals surface area contributed by atoms with Crippen LogP contribution in [0.5, 0.6) is 5.75 Å². The van der Waals surface area contributed by atoms with E-state index in [4.69, 9.17) is 5.21 Å². The summed E-state index contributed by atoms with van der Waals surface area (Å²) in [6.45, 7) is 2.02. The molecule has 0 aliphatic rings. The summed E-state index contributed by atoms with van der Waals surface area (Å²) < 4.78 is 0. The molecule has 4 N–H and O–H groups in total. The molecule has 0 fully saturated rings. The molecule has 0 saturated carbocycles. The van der Waals surface area contributed by atoms with Gasteiger partial charge in [0.15, 0.2) is 5.78 Å². The molecule has 3 rings (SSSR count). The van der Waals surface area contributed by atoms with Crippen molar-refractivity contribution in [2.75, 3.05) is 0 Å². The number of benzene rings is 3. The Morgan fingerprint density at radius 1 is 0.861 bits per heavy atom. The van der Waals surface area contributed by atoms with E-state index in [1.54, 1.807) is 41.9 Å². The number of carbonyl (C=O) groups excluding carboxylic acids is 3. The summed E-state index contributed by atoms with van der Waals surface area (Å²) in [4.78, 5) is 38.5. The van der Waals surface area contributed by atoms with Crippen LogP contribution in [0.2, 0.25) is 0 Å². The number of Topliss-reactive ketones (excluding diaryl/α,β-unsaturated/α-hetero) is 1. The van der Waals surface area contributed by atoms with E-state index >= 15 is 0 Å². The van der Waals surface area contributed by atoms with E-state index in [1.165, 1.54) is 17.7 Å². The maximum Gasteiger partial charge on any atom is 0.244 e. The number of hydroxylamine groups is 1. The third-order valence-corrected chi connectivity index (χ3v) is 6.13. The second-order valence-corrected chi connectivity index (χ2v) is 8.98. The van der Waals surface area contributed by atoms with Crippen molar-refractivity contribution in [3.05, 3.63) is 101 Å². The molecular weight excluding hydrogens is 456 g/mol. The van der Waals surface area contributed by atoms with Crippen LogP contribution >= 0.6 is 0 Å². The molecule has 0 aromatic heterocycles. The van der Waals surface area contributed by atoms with Gasteiger partial charge in [-0.05, 0) is 49.4 Å². The molecule has 0 saturated heterocycles. The van der Waals surface area contributed by atoms with Gasteiger partial charge in [0.2, 0.25) is 11.8 Å². The van der Waals surface area contributed by atoms with E-state index in [2.05, 4.69) is 5.32 Å². The molecule has 7 nitrogen and oxygen atoms in total. The molecule has 0 unspecified atom stereocenters. The minimum absolute atomic E-state index is 0.109. The van der Waals surface area contributed by atoms with Crippen molar-refractivity contribution in [2.45, 2.75) is 45.1 Å². The summed E-state index contributed by atoms with van der Waals surface area (Å²) >= 11 is 0. The van der Waals surface area contributed by atoms with E-state index in [9.17, 15) is 19.5 Å². The normalized spacial score (nSPS) is 12.4. The Kier molecular flexibility index (Phi) is 9.77. The average Bonchev–Trinajstić information content (AvgIpc) is 2.90. The Bertz CT molecular complexity index is 1140. The standard InChI is InChI=1S/C29H32N2O5/c1-20-10-12-21(13-11-20)6-5-9-24(19-27(33)31-36)29(35)30-26(18-22-14-16-25(32)17-15-22)28(34)23-7-3-2-4-8-23/h2-4,7-8,10-17,24,26,32,36H,5-6,9,18-19H2,1H3,(H,30,35)(H,31,33)/t24-,26+/m1/s1. The highest BCUT2D eigenvalue weighted by atomic mass is 16.5. The first kappa shape index (κ1) is 26.6. The van der Waals surface area contributed by atoms with Gasteiger partial charge < -0.3 is 10.4 Å². The number of hydrogen-bond acceptors (Lipinski definition) is 5. The Balaban J connectivity index is 1.74. The highest BCUT2D eigenvalue weighted by Crippen LogP contribution is 2.18. The summed E-state index contributed by atoms with van der Waals surface area (Å²) in [6, 6.07) is 22.4. The van der Waals surface area contributed by atoms with Crippen LogP contribution in [0.3, 0.4) is 0 Å². The number of hydrogen-bond donors (Lipinski definition) is 4. The van der Waals surface area contributed by atoms with Crippen LogP contribution in [0.15, 0.2) is 78.9 Å². The van der Waals surface area contributed by atoms with Gasteiger partial charge in [-0.2, -0.15) is 0 Å². The van der Waals surface area contributed by atoms with Gasteiger partial charge in [-0.1, -0.05) is 72.3 Å². The fourth-order valence-corrected chi connectivity index (χ4v) is 4.07. The van der Waals surface area contributed by atoms with Gasteiger partial charge in [-0.15, -0.1) is 0 Å². The zero-order valence-electron chi connectivity index (χ0n) is 20.3.